The average molecular weight is 128 g/mol. The molecule has 0 aliphatic heterocycles. The molecule has 0 spiro atoms. The molecule has 0 aliphatic rings. The average Bonchev–Trinajstić information content (AvgIpc) is 1.59. The van der Waals surface area contributed by atoms with E-state index in [4.69, 9.17) is 0 Å². The lowest BCUT2D eigenvalue weighted by Crippen LogP contribution is -2.04. The molecule has 8 heavy (non-hydrogen) atoms. The van der Waals surface area contributed by atoms with Crippen LogP contribution in [0.3, 0.4) is 0 Å². The zero-order chi connectivity index (χ0) is 6.62. The fraction of sp³-hybridized carbons (Fsp3) is 0.571. The molecular weight excluding hydrogens is 116 g/mol. The lowest BCUT2D eigenvalue weighted by Gasteiger charge is -2.12. The first kappa shape index (κ1) is 7.87. The zero-order valence-corrected chi connectivity index (χ0v) is 6.51. The van der Waals surface area contributed by atoms with Crippen molar-refractivity contribution in [1.82, 2.24) is 0 Å². The summed E-state index contributed by atoms with van der Waals surface area (Å²) in [5.74, 6) is 0. The van der Waals surface area contributed by atoms with Gasteiger partial charge in [-0.3, -0.25) is 0 Å². The van der Waals surface area contributed by atoms with Crippen LogP contribution in [0, 0.1) is 0 Å². The van der Waals surface area contributed by atoms with Gasteiger partial charge in [0, 0.05) is 10.2 Å². The van der Waals surface area contributed by atoms with E-state index in [1.54, 1.807) is 11.8 Å². The van der Waals surface area contributed by atoms with Crippen LogP contribution in [-0.2, 0) is 0 Å². The van der Waals surface area contributed by atoms with E-state index >= 15 is 0 Å². The molecule has 0 saturated carbocycles. The molecule has 0 nitrogen and oxygen atoms in total. The highest BCUT2D eigenvalue weighted by Crippen LogP contribution is 2.23. The van der Waals surface area contributed by atoms with Gasteiger partial charge in [0.05, 0.1) is 0 Å². The molecule has 0 amide bonds. The van der Waals surface area contributed by atoms with Crippen LogP contribution in [0.5, 0.6) is 0 Å². The van der Waals surface area contributed by atoms with Crippen LogP contribution >= 0.6 is 11.8 Å². The molecule has 0 aromatic carbocycles. The van der Waals surface area contributed by atoms with Crippen molar-refractivity contribution >= 4 is 11.8 Å². The predicted octanol–water partition coefficient (Wildman–Crippen LogP) is 2.82. The summed E-state index contributed by atoms with van der Waals surface area (Å²) in [6.45, 7) is 9.94. The zero-order valence-electron chi connectivity index (χ0n) is 5.69. The van der Waals surface area contributed by atoms with Gasteiger partial charge in [-0.25, -0.2) is 0 Å². The summed E-state index contributed by atoms with van der Waals surface area (Å²) in [5.41, 5.74) is 2.71. The Kier molecular flexibility index (Phi) is 2.96. The molecule has 0 aliphatic carbocycles. The predicted molar refractivity (Wildman–Crippen MR) is 41.1 cm³/mol. The van der Waals surface area contributed by atoms with Gasteiger partial charge in [-0.15, -0.1) is 17.5 Å². The Morgan fingerprint density at radius 1 is 1.50 bits per heavy atom. The fourth-order valence-electron chi connectivity index (χ4n) is 0.218. The first-order valence-corrected chi connectivity index (χ1v) is 3.46. The van der Waals surface area contributed by atoms with Gasteiger partial charge in [-0.2, -0.15) is 0 Å². The van der Waals surface area contributed by atoms with E-state index in [0.717, 1.165) is 0 Å². The van der Waals surface area contributed by atoms with Crippen LogP contribution in [-0.4, -0.2) is 4.75 Å². The Morgan fingerprint density at radius 2 is 2.00 bits per heavy atom. The second kappa shape index (κ2) is 3.01. The molecule has 0 unspecified atom stereocenters. The molecule has 0 bridgehead atoms. The lowest BCUT2D eigenvalue weighted by molar-refractivity contribution is 0.808. The van der Waals surface area contributed by atoms with Gasteiger partial charge in [0.2, 0.25) is 0 Å². The molecule has 0 aromatic rings. The van der Waals surface area contributed by atoms with Crippen molar-refractivity contribution in [2.24, 2.45) is 0 Å². The van der Waals surface area contributed by atoms with Crippen LogP contribution in [0.25, 0.3) is 0 Å². The molecular formula is C7H12S. The third-order valence-electron chi connectivity index (χ3n) is 0.496. The van der Waals surface area contributed by atoms with Crippen molar-refractivity contribution in [2.75, 3.05) is 0 Å². The van der Waals surface area contributed by atoms with Crippen LogP contribution in [0.4, 0.5) is 0 Å². The summed E-state index contributed by atoms with van der Waals surface area (Å²) >= 11 is 1.73. The Bertz CT molecular complexity index is 102. The summed E-state index contributed by atoms with van der Waals surface area (Å²) in [5, 5.41) is 1.89. The number of rotatable bonds is 1. The van der Waals surface area contributed by atoms with Gasteiger partial charge in [0.25, 0.3) is 0 Å². The minimum Gasteiger partial charge on any atom is -0.122 e. The quantitative estimate of drug-likeness (QED) is 0.489. The molecule has 0 N–H and O–H groups in total. The van der Waals surface area contributed by atoms with Crippen LogP contribution in [0.2, 0.25) is 0 Å². The molecule has 0 rings (SSSR count). The first-order valence-electron chi connectivity index (χ1n) is 2.58. The van der Waals surface area contributed by atoms with Gasteiger partial charge in [0.1, 0.15) is 0 Å². The summed E-state index contributed by atoms with van der Waals surface area (Å²) < 4.78 is 0.310. The van der Waals surface area contributed by atoms with Gasteiger partial charge >= 0.3 is 0 Å². The van der Waals surface area contributed by atoms with E-state index in [2.05, 4.69) is 33.1 Å². The first-order chi connectivity index (χ1) is 3.56. The molecule has 0 radical (unpaired) electrons. The normalized spacial score (nSPS) is 10.4. The van der Waals surface area contributed by atoms with Crippen molar-refractivity contribution in [2.45, 2.75) is 25.5 Å². The second-order valence-electron chi connectivity index (χ2n) is 2.55. The van der Waals surface area contributed by atoms with E-state index < -0.39 is 0 Å². The molecule has 0 atom stereocenters. The monoisotopic (exact) mass is 128 g/mol. The van der Waals surface area contributed by atoms with Crippen LogP contribution in [0.15, 0.2) is 17.7 Å². The maximum Gasteiger partial charge on any atom is 0.0128 e. The van der Waals surface area contributed by atoms with Crippen molar-refractivity contribution < 1.29 is 0 Å². The maximum atomic E-state index is 3.46. The summed E-state index contributed by atoms with van der Waals surface area (Å²) in [4.78, 5) is 0. The smallest absolute Gasteiger partial charge is 0.0128 e. The minimum atomic E-state index is 0.310. The molecule has 0 saturated heterocycles. The molecule has 0 aromatic heterocycles. The third kappa shape index (κ3) is 5.87. The van der Waals surface area contributed by atoms with E-state index in [1.807, 2.05) is 5.41 Å². The fourth-order valence-corrected chi connectivity index (χ4v) is 0.655. The van der Waals surface area contributed by atoms with Gasteiger partial charge in [0.15, 0.2) is 0 Å². The molecule has 0 fully saturated rings. The van der Waals surface area contributed by atoms with Gasteiger partial charge in [-0.05, 0) is 0 Å². The molecule has 1 heteroatoms. The maximum absolute atomic E-state index is 3.46. The number of hydrogen-bond acceptors (Lipinski definition) is 1. The largest absolute Gasteiger partial charge is 0.122 e. The minimum absolute atomic E-state index is 0.310. The Hall–Kier alpha value is -0.130. The van der Waals surface area contributed by atoms with E-state index in [-0.39, 0.29) is 0 Å². The molecule has 46 valence electrons. The lowest BCUT2D eigenvalue weighted by atomic mass is 10.3. The van der Waals surface area contributed by atoms with Crippen molar-refractivity contribution in [3.05, 3.63) is 17.7 Å². The molecule has 0 heterocycles. The van der Waals surface area contributed by atoms with E-state index in [9.17, 15) is 0 Å². The Labute approximate surface area is 55.7 Å². The summed E-state index contributed by atoms with van der Waals surface area (Å²) in [6, 6.07) is 0. The summed E-state index contributed by atoms with van der Waals surface area (Å²) in [6.07, 6.45) is 0. The highest BCUT2D eigenvalue weighted by Gasteiger charge is 2.06. The highest BCUT2D eigenvalue weighted by molar-refractivity contribution is 8.03. The second-order valence-corrected chi connectivity index (χ2v) is 4.25. The topological polar surface area (TPSA) is 0 Å². The Morgan fingerprint density at radius 3 is 2.12 bits per heavy atom. The number of thioether (sulfide) groups is 1. The van der Waals surface area contributed by atoms with E-state index in [1.165, 1.54) is 0 Å². The standard InChI is InChI=1S/C7H12S/c1-5-6-8-7(2,3)4/h6H,1H2,2-4H3. The third-order valence-corrected chi connectivity index (χ3v) is 1.49. The van der Waals surface area contributed by atoms with Gasteiger partial charge in [-0.1, -0.05) is 27.4 Å². The van der Waals surface area contributed by atoms with Crippen LogP contribution < -0.4 is 0 Å². The highest BCUT2D eigenvalue weighted by atomic mass is 32.2. The Balaban J connectivity index is 3.55. The van der Waals surface area contributed by atoms with Crippen molar-refractivity contribution in [1.29, 1.82) is 0 Å². The van der Waals surface area contributed by atoms with Gasteiger partial charge < -0.3 is 0 Å². The van der Waals surface area contributed by atoms with Crippen molar-refractivity contribution in [3.63, 3.8) is 0 Å². The summed E-state index contributed by atoms with van der Waals surface area (Å²) in [7, 11) is 0. The van der Waals surface area contributed by atoms with Crippen LogP contribution in [0.1, 0.15) is 20.8 Å². The number of hydrogen-bond donors (Lipinski definition) is 0. The van der Waals surface area contributed by atoms with E-state index in [0.29, 0.717) is 4.75 Å². The van der Waals surface area contributed by atoms with Crippen molar-refractivity contribution in [3.8, 4) is 0 Å². The SMILES string of the molecule is C=C=CSC(C)(C)C.